The number of carbonyl (C=O) groups is 4. The van der Waals surface area contributed by atoms with Crippen molar-refractivity contribution >= 4 is 23.9 Å². The van der Waals surface area contributed by atoms with E-state index < -0.39 is 122 Å². The van der Waals surface area contributed by atoms with Gasteiger partial charge >= 0.3 is 23.9 Å². The number of hydrogen-bond donors (Lipinski definition) is 6. The van der Waals surface area contributed by atoms with Gasteiger partial charge < -0.3 is 73.3 Å². The molecular weight excluding hydrogens is 893 g/mol. The number of ether oxygens (including phenoxy) is 9. The Balaban J connectivity index is 1.13. The number of allylic oxidation sites excluding steroid dienone is 2. The fraction of sp³-hybridized carbons (Fsp3) is 0.878. The van der Waals surface area contributed by atoms with Gasteiger partial charge in [-0.3, -0.25) is 4.79 Å². The van der Waals surface area contributed by atoms with Gasteiger partial charge in [0.05, 0.1) is 39.5 Å². The van der Waals surface area contributed by atoms with Gasteiger partial charge in [-0.15, -0.1) is 0 Å². The van der Waals surface area contributed by atoms with Crippen LogP contribution in [0.25, 0.3) is 0 Å². The van der Waals surface area contributed by atoms with Gasteiger partial charge in [0.25, 0.3) is 6.29 Å². The summed E-state index contributed by atoms with van der Waals surface area (Å²) in [7, 11) is 3.29. The Labute approximate surface area is 398 Å². The lowest BCUT2D eigenvalue weighted by atomic mass is 9.33. The summed E-state index contributed by atoms with van der Waals surface area (Å²) in [5, 5.41) is 64.6. The van der Waals surface area contributed by atoms with Crippen molar-refractivity contribution in [3.05, 3.63) is 11.6 Å². The number of carbonyl (C=O) groups excluding carboxylic acids is 4. The van der Waals surface area contributed by atoms with E-state index in [0.29, 0.717) is 19.3 Å². The Morgan fingerprint density at radius 3 is 2.09 bits per heavy atom. The van der Waals surface area contributed by atoms with Crippen LogP contribution in [0.2, 0.25) is 0 Å². The summed E-state index contributed by atoms with van der Waals surface area (Å²) in [5.74, 6) is -3.18. The third kappa shape index (κ3) is 8.74. The molecule has 19 atom stereocenters. The van der Waals surface area contributed by atoms with E-state index in [1.165, 1.54) is 5.57 Å². The molecule has 5 aliphatic carbocycles. The average Bonchev–Trinajstić information content (AvgIpc) is 3.29. The minimum Gasteiger partial charge on any atom is -0.467 e. The smallest absolute Gasteiger partial charge is 0.363 e. The number of hydrogen-bond acceptors (Lipinski definition) is 19. The molecule has 0 aromatic heterocycles. The third-order valence-corrected chi connectivity index (χ3v) is 18.6. The van der Waals surface area contributed by atoms with Crippen molar-refractivity contribution in [2.75, 3.05) is 34.5 Å². The minimum absolute atomic E-state index is 0.0709. The van der Waals surface area contributed by atoms with Crippen LogP contribution in [-0.2, 0) is 61.8 Å². The van der Waals surface area contributed by atoms with Crippen molar-refractivity contribution in [3.8, 4) is 0 Å². The standard InChI is InChI=1S/C49H76O19/c1-44(2)17-19-49(43(59)68-40-33(54)32(53)31(52)26(22-50)64-40)20-18-47(6)24(25(49)21-44)11-12-28-46(5)15-14-29(45(3,4)27(46)13-16-48(28,47)7)65-41-35(56)36(34(55)37(67-41)38(57)61-9)66-42(39(58)62-10)63-23-30(51)60-8/h11,25-29,31-37,40-42,50,52-56H,12-23H2,1-10H3/t25-,26+,27-,28+,29-,31+,32-,33+,34-,35+,36-,37-,40-,41+,42-,46-,47+,48+,49-/m0/s1. The molecule has 7 rings (SSSR count). The first-order chi connectivity index (χ1) is 31.8. The lowest BCUT2D eigenvalue weighted by molar-refractivity contribution is -0.340. The lowest BCUT2D eigenvalue weighted by Crippen LogP contribution is -2.66. The van der Waals surface area contributed by atoms with E-state index >= 15 is 0 Å². The Kier molecular flexibility index (Phi) is 15.0. The number of methoxy groups -OCH3 is 3. The van der Waals surface area contributed by atoms with Crippen LogP contribution in [-0.4, -0.2) is 163 Å². The summed E-state index contributed by atoms with van der Waals surface area (Å²) in [4.78, 5) is 52.2. The van der Waals surface area contributed by atoms with E-state index in [9.17, 15) is 49.8 Å². The van der Waals surface area contributed by atoms with Crippen molar-refractivity contribution < 1.29 is 92.4 Å². The maximum absolute atomic E-state index is 14.7. The van der Waals surface area contributed by atoms with Crippen LogP contribution < -0.4 is 0 Å². The molecule has 6 fully saturated rings. The second kappa shape index (κ2) is 19.3. The Bertz CT molecular complexity index is 1920. The number of aliphatic hydroxyl groups excluding tert-OH is 6. The molecule has 19 nitrogen and oxygen atoms in total. The molecule has 0 spiro atoms. The summed E-state index contributed by atoms with van der Waals surface area (Å²) in [6.45, 7) is 14.6. The number of fused-ring (bicyclic) bond motifs is 7. The van der Waals surface area contributed by atoms with Crippen molar-refractivity contribution in [1.29, 1.82) is 0 Å². The van der Waals surface area contributed by atoms with Gasteiger partial charge in [0.2, 0.25) is 6.29 Å². The second-order valence-corrected chi connectivity index (χ2v) is 22.7. The van der Waals surface area contributed by atoms with Gasteiger partial charge in [-0.25, -0.2) is 14.4 Å². The SMILES string of the molecule is COC(=O)CO[C@@H](O[C@@H]1[C@@H](O)[C@H](O[C@H]2CC[C@]3(C)[C@H]4CC=C5[C@@H]6CC(C)(C)CC[C@]6(C(=O)O[C@@H]6O[C@H](CO)[C@@H](O)[C@H](O)[C@H]6O)CC[C@@]5(C)[C@]4(C)CC[C@H]3C2(C)C)O[C@H](C(=O)OC)[C@H]1O)C(=O)OC. The number of rotatable bonds is 12. The highest BCUT2D eigenvalue weighted by Gasteiger charge is 2.70. The molecule has 7 aliphatic rings. The van der Waals surface area contributed by atoms with Gasteiger partial charge in [0.1, 0.15) is 49.3 Å². The molecule has 386 valence electrons. The summed E-state index contributed by atoms with van der Waals surface area (Å²) < 4.78 is 49.6. The summed E-state index contributed by atoms with van der Waals surface area (Å²) in [6.07, 6.45) is -9.02. The second-order valence-electron chi connectivity index (χ2n) is 22.7. The van der Waals surface area contributed by atoms with Gasteiger partial charge in [-0.1, -0.05) is 60.1 Å². The molecule has 2 heterocycles. The highest BCUT2D eigenvalue weighted by Crippen LogP contribution is 2.76. The molecule has 0 aromatic rings. The normalized spacial score (nSPS) is 45.4. The van der Waals surface area contributed by atoms with E-state index in [1.54, 1.807) is 0 Å². The molecule has 19 heteroatoms. The van der Waals surface area contributed by atoms with Crippen LogP contribution >= 0.6 is 0 Å². The predicted octanol–water partition coefficient (Wildman–Crippen LogP) is 2.21. The molecule has 2 aliphatic heterocycles. The molecular formula is C49H76O19. The van der Waals surface area contributed by atoms with Crippen molar-refractivity contribution in [2.24, 2.45) is 50.2 Å². The molecule has 0 unspecified atom stereocenters. The van der Waals surface area contributed by atoms with Crippen molar-refractivity contribution in [3.63, 3.8) is 0 Å². The average molecular weight is 969 g/mol. The molecule has 6 N–H and O–H groups in total. The van der Waals surface area contributed by atoms with Gasteiger partial charge in [-0.2, -0.15) is 0 Å². The van der Waals surface area contributed by atoms with Gasteiger partial charge in [0, 0.05) is 0 Å². The highest BCUT2D eigenvalue weighted by atomic mass is 16.8. The monoisotopic (exact) mass is 968 g/mol. The minimum atomic E-state index is -1.91. The molecule has 4 saturated carbocycles. The van der Waals surface area contributed by atoms with E-state index in [-0.39, 0.29) is 39.4 Å². The Morgan fingerprint density at radius 2 is 1.44 bits per heavy atom. The third-order valence-electron chi connectivity index (χ3n) is 18.6. The first kappa shape index (κ1) is 53.0. The van der Waals surface area contributed by atoms with Crippen LogP contribution in [0, 0.1) is 50.2 Å². The lowest BCUT2D eigenvalue weighted by Gasteiger charge is -2.71. The highest BCUT2D eigenvalue weighted by molar-refractivity contribution is 5.79. The zero-order valence-electron chi connectivity index (χ0n) is 41.2. The fourth-order valence-electron chi connectivity index (χ4n) is 14.4. The summed E-state index contributed by atoms with van der Waals surface area (Å²) >= 11 is 0. The van der Waals surface area contributed by atoms with E-state index in [2.05, 4.69) is 59.3 Å². The van der Waals surface area contributed by atoms with Crippen LogP contribution in [0.5, 0.6) is 0 Å². The first-order valence-electron chi connectivity index (χ1n) is 24.2. The summed E-state index contributed by atoms with van der Waals surface area (Å²) in [6, 6.07) is 0. The fourth-order valence-corrected chi connectivity index (χ4v) is 14.4. The van der Waals surface area contributed by atoms with Gasteiger partial charge in [0.15, 0.2) is 12.4 Å². The maximum atomic E-state index is 14.7. The largest absolute Gasteiger partial charge is 0.467 e. The van der Waals surface area contributed by atoms with Crippen LogP contribution in [0.15, 0.2) is 11.6 Å². The van der Waals surface area contributed by atoms with E-state index in [1.807, 2.05) is 0 Å². The van der Waals surface area contributed by atoms with Crippen LogP contribution in [0.1, 0.15) is 113 Å². The molecule has 0 radical (unpaired) electrons. The predicted molar refractivity (Wildman–Crippen MR) is 235 cm³/mol. The summed E-state index contributed by atoms with van der Waals surface area (Å²) in [5.41, 5.74) is -0.868. The molecule has 0 aromatic carbocycles. The zero-order valence-corrected chi connectivity index (χ0v) is 41.2. The molecule has 68 heavy (non-hydrogen) atoms. The quantitative estimate of drug-likeness (QED) is 0.0538. The van der Waals surface area contributed by atoms with Crippen molar-refractivity contribution in [2.45, 2.75) is 186 Å². The molecule has 0 bridgehead atoms. The van der Waals surface area contributed by atoms with Gasteiger partial charge in [-0.05, 0) is 109 Å². The zero-order chi connectivity index (χ0) is 50.1. The maximum Gasteiger partial charge on any atom is 0.363 e. The van der Waals surface area contributed by atoms with Crippen LogP contribution in [0.4, 0.5) is 0 Å². The number of aliphatic hydroxyl groups is 6. The first-order valence-corrected chi connectivity index (χ1v) is 24.2. The van der Waals surface area contributed by atoms with E-state index in [0.717, 1.165) is 66.3 Å². The molecule has 0 amide bonds. The Morgan fingerprint density at radius 1 is 0.750 bits per heavy atom. The van der Waals surface area contributed by atoms with Crippen LogP contribution in [0.3, 0.4) is 0 Å². The van der Waals surface area contributed by atoms with E-state index in [4.69, 9.17) is 37.9 Å². The molecule has 2 saturated heterocycles. The number of esters is 4. The van der Waals surface area contributed by atoms with Crippen molar-refractivity contribution in [1.82, 2.24) is 0 Å². The topological polar surface area (TPSA) is 273 Å². The Hall–Kier alpha value is -2.82.